The number of aromatic nitrogens is 3. The fraction of sp³-hybridized carbons (Fsp3) is 0.0625. The maximum absolute atomic E-state index is 9.42. The van der Waals surface area contributed by atoms with Gasteiger partial charge in [0.1, 0.15) is 23.3 Å². The van der Waals surface area contributed by atoms with Gasteiger partial charge in [0.2, 0.25) is 0 Å². The van der Waals surface area contributed by atoms with Crippen molar-refractivity contribution in [1.29, 1.82) is 5.26 Å². The van der Waals surface area contributed by atoms with E-state index in [1.54, 1.807) is 17.5 Å². The normalized spacial score (nSPS) is 11.1. The molecule has 3 heterocycles. The number of nitrogens with two attached hydrogens (primary N) is 1. The van der Waals surface area contributed by atoms with Gasteiger partial charge < -0.3 is 5.73 Å². The summed E-state index contributed by atoms with van der Waals surface area (Å²) < 4.78 is 3.01. The highest BCUT2D eigenvalue weighted by atomic mass is 32.1. The van der Waals surface area contributed by atoms with Crippen molar-refractivity contribution in [2.45, 2.75) is 6.92 Å². The number of aryl methyl sites for hydroxylation is 1. The van der Waals surface area contributed by atoms with Crippen LogP contribution in [0.25, 0.3) is 26.8 Å². The molecule has 0 aliphatic heterocycles. The predicted octanol–water partition coefficient (Wildman–Crippen LogP) is 3.40. The highest BCUT2D eigenvalue weighted by Gasteiger charge is 2.19. The number of nitrogen functional groups attached to an aromatic ring is 1. The van der Waals surface area contributed by atoms with Crippen LogP contribution in [0.3, 0.4) is 0 Å². The fourth-order valence-electron chi connectivity index (χ4n) is 2.70. The van der Waals surface area contributed by atoms with Gasteiger partial charge in [-0.15, -0.1) is 11.3 Å². The van der Waals surface area contributed by atoms with Gasteiger partial charge in [0.25, 0.3) is 0 Å². The quantitative estimate of drug-likeness (QED) is 0.584. The molecule has 4 rings (SSSR count). The minimum absolute atomic E-state index is 0.399. The molecule has 0 saturated carbocycles. The lowest BCUT2D eigenvalue weighted by atomic mass is 10.2. The third-order valence-electron chi connectivity index (χ3n) is 3.69. The van der Waals surface area contributed by atoms with E-state index in [4.69, 9.17) is 5.73 Å². The Balaban J connectivity index is 2.20. The summed E-state index contributed by atoms with van der Waals surface area (Å²) in [5.41, 5.74) is 8.26. The third-order valence-corrected chi connectivity index (χ3v) is 4.57. The van der Waals surface area contributed by atoms with Crippen LogP contribution in [0.5, 0.6) is 0 Å². The molecule has 0 radical (unpaired) electrons. The van der Waals surface area contributed by atoms with Crippen molar-refractivity contribution < 1.29 is 0 Å². The molecule has 0 saturated heterocycles. The maximum Gasteiger partial charge on any atom is 0.151 e. The standard InChI is InChI=1S/C16H11N5S/c1-9-19-8-12-11(7-17)15(18)21(16(12)20-9)13-3-2-4-14-10(13)5-6-22-14/h2-6,8H,18H2,1H3. The van der Waals surface area contributed by atoms with Gasteiger partial charge in [0.05, 0.1) is 11.1 Å². The molecule has 2 N–H and O–H groups in total. The second-order valence-corrected chi connectivity index (χ2v) is 5.92. The Bertz CT molecular complexity index is 1070. The first-order valence-electron chi connectivity index (χ1n) is 6.71. The van der Waals surface area contributed by atoms with Crippen molar-refractivity contribution in [3.8, 4) is 11.8 Å². The summed E-state index contributed by atoms with van der Waals surface area (Å²) in [6.07, 6.45) is 1.66. The lowest BCUT2D eigenvalue weighted by Gasteiger charge is -2.09. The Morgan fingerprint density at radius 3 is 2.95 bits per heavy atom. The van der Waals surface area contributed by atoms with Crippen molar-refractivity contribution >= 4 is 38.3 Å². The number of hydrogen-bond donors (Lipinski definition) is 1. The van der Waals surface area contributed by atoms with Crippen LogP contribution in [-0.2, 0) is 0 Å². The number of rotatable bonds is 1. The van der Waals surface area contributed by atoms with E-state index in [-0.39, 0.29) is 0 Å². The van der Waals surface area contributed by atoms with Crippen LogP contribution in [0.1, 0.15) is 11.4 Å². The molecule has 5 nitrogen and oxygen atoms in total. The smallest absolute Gasteiger partial charge is 0.151 e. The van der Waals surface area contributed by atoms with E-state index in [0.29, 0.717) is 28.2 Å². The van der Waals surface area contributed by atoms with Gasteiger partial charge in [0.15, 0.2) is 5.65 Å². The Kier molecular flexibility index (Phi) is 2.65. The molecular formula is C16H11N5S. The lowest BCUT2D eigenvalue weighted by Crippen LogP contribution is -2.02. The van der Waals surface area contributed by atoms with E-state index in [1.165, 1.54) is 4.70 Å². The van der Waals surface area contributed by atoms with Crippen LogP contribution in [0.15, 0.2) is 35.8 Å². The van der Waals surface area contributed by atoms with Gasteiger partial charge in [-0.25, -0.2) is 9.97 Å². The summed E-state index contributed by atoms with van der Waals surface area (Å²) >= 11 is 1.67. The van der Waals surface area contributed by atoms with Crippen LogP contribution in [0, 0.1) is 18.3 Å². The predicted molar refractivity (Wildman–Crippen MR) is 88.1 cm³/mol. The summed E-state index contributed by atoms with van der Waals surface area (Å²) in [5, 5.41) is 13.2. The Morgan fingerprint density at radius 2 is 2.14 bits per heavy atom. The summed E-state index contributed by atoms with van der Waals surface area (Å²) in [6.45, 7) is 1.82. The monoisotopic (exact) mass is 305 g/mol. The largest absolute Gasteiger partial charge is 0.384 e. The van der Waals surface area contributed by atoms with Crippen molar-refractivity contribution in [3.63, 3.8) is 0 Å². The summed E-state index contributed by atoms with van der Waals surface area (Å²) in [7, 11) is 0. The second-order valence-electron chi connectivity index (χ2n) is 4.97. The molecule has 0 unspecified atom stereocenters. The first-order valence-corrected chi connectivity index (χ1v) is 7.59. The molecule has 0 spiro atoms. The molecule has 4 aromatic rings. The summed E-state index contributed by atoms with van der Waals surface area (Å²) in [4.78, 5) is 8.68. The van der Waals surface area contributed by atoms with Crippen LogP contribution in [0.2, 0.25) is 0 Å². The number of thiophene rings is 1. The zero-order valence-corrected chi connectivity index (χ0v) is 12.6. The van der Waals surface area contributed by atoms with E-state index < -0.39 is 0 Å². The van der Waals surface area contributed by atoms with Crippen molar-refractivity contribution in [3.05, 3.63) is 47.2 Å². The molecule has 3 aromatic heterocycles. The highest BCUT2D eigenvalue weighted by molar-refractivity contribution is 7.17. The van der Waals surface area contributed by atoms with Crippen molar-refractivity contribution in [2.75, 3.05) is 5.73 Å². The van der Waals surface area contributed by atoms with Gasteiger partial charge in [0, 0.05) is 16.3 Å². The molecular weight excluding hydrogens is 294 g/mol. The number of benzene rings is 1. The minimum atomic E-state index is 0.399. The van der Waals surface area contributed by atoms with Crippen molar-refractivity contribution in [2.24, 2.45) is 0 Å². The zero-order valence-electron chi connectivity index (χ0n) is 11.7. The fourth-order valence-corrected chi connectivity index (χ4v) is 3.51. The molecule has 22 heavy (non-hydrogen) atoms. The number of nitriles is 1. The number of nitrogens with zero attached hydrogens (tertiary/aromatic N) is 4. The average Bonchev–Trinajstić information content (AvgIpc) is 3.08. The molecule has 106 valence electrons. The maximum atomic E-state index is 9.42. The van der Waals surface area contributed by atoms with Crippen LogP contribution in [-0.4, -0.2) is 14.5 Å². The molecule has 0 bridgehead atoms. The van der Waals surface area contributed by atoms with Crippen LogP contribution in [0.4, 0.5) is 5.82 Å². The zero-order chi connectivity index (χ0) is 15.3. The second kappa shape index (κ2) is 4.55. The first kappa shape index (κ1) is 12.8. The van der Waals surface area contributed by atoms with Crippen molar-refractivity contribution in [1.82, 2.24) is 14.5 Å². The Morgan fingerprint density at radius 1 is 1.27 bits per heavy atom. The van der Waals surface area contributed by atoms with E-state index in [2.05, 4.69) is 28.2 Å². The molecule has 0 aliphatic rings. The van der Waals surface area contributed by atoms with E-state index in [9.17, 15) is 5.26 Å². The van der Waals surface area contributed by atoms with Gasteiger partial charge in [-0.1, -0.05) is 6.07 Å². The SMILES string of the molecule is Cc1ncc2c(C#N)c(N)n(-c3cccc4sccc34)c2n1. The molecule has 0 amide bonds. The van der Waals surface area contributed by atoms with Crippen LogP contribution < -0.4 is 5.73 Å². The lowest BCUT2D eigenvalue weighted by molar-refractivity contribution is 1.04. The average molecular weight is 305 g/mol. The Hall–Kier alpha value is -2.91. The summed E-state index contributed by atoms with van der Waals surface area (Å²) in [5.74, 6) is 1.05. The van der Waals surface area contributed by atoms with Crippen LogP contribution >= 0.6 is 11.3 Å². The van der Waals surface area contributed by atoms with Gasteiger partial charge in [-0.05, 0) is 30.5 Å². The number of anilines is 1. The van der Waals surface area contributed by atoms with Gasteiger partial charge in [-0.2, -0.15) is 5.26 Å². The molecule has 0 aliphatic carbocycles. The third kappa shape index (κ3) is 1.63. The molecule has 6 heteroatoms. The Labute approximate surface area is 130 Å². The minimum Gasteiger partial charge on any atom is -0.384 e. The van der Waals surface area contributed by atoms with Gasteiger partial charge in [-0.3, -0.25) is 4.57 Å². The molecule has 0 fully saturated rings. The van der Waals surface area contributed by atoms with E-state index >= 15 is 0 Å². The highest BCUT2D eigenvalue weighted by Crippen LogP contribution is 2.34. The topological polar surface area (TPSA) is 80.5 Å². The molecule has 0 atom stereocenters. The van der Waals surface area contributed by atoms with E-state index in [0.717, 1.165) is 11.1 Å². The first-order chi connectivity index (χ1) is 10.7. The number of fused-ring (bicyclic) bond motifs is 2. The molecule has 1 aromatic carbocycles. The summed E-state index contributed by atoms with van der Waals surface area (Å²) in [6, 6.07) is 10.3. The number of hydrogen-bond acceptors (Lipinski definition) is 5. The van der Waals surface area contributed by atoms with Gasteiger partial charge >= 0.3 is 0 Å². The van der Waals surface area contributed by atoms with E-state index in [1.807, 2.05) is 29.0 Å².